The van der Waals surface area contributed by atoms with Crippen molar-refractivity contribution < 1.29 is 19.7 Å². The minimum atomic E-state index is -1.08. The normalized spacial score (nSPS) is 11.5. The predicted octanol–water partition coefficient (Wildman–Crippen LogP) is 2.30. The third kappa shape index (κ3) is 3.79. The molecule has 8 heteroatoms. The molecule has 0 saturated carbocycles. The molecule has 22 heavy (non-hydrogen) atoms. The number of methoxy groups -OCH3 is 1. The second-order valence-corrected chi connectivity index (χ2v) is 5.27. The molecule has 116 valence electrons. The Hall–Kier alpha value is -2.48. The average Bonchev–Trinajstić information content (AvgIpc) is 2.96. The van der Waals surface area contributed by atoms with Crippen LogP contribution in [0, 0.1) is 0 Å². The van der Waals surface area contributed by atoms with Crippen molar-refractivity contribution in [3.05, 3.63) is 34.5 Å². The number of aromatic amines is 1. The van der Waals surface area contributed by atoms with Crippen molar-refractivity contribution in [2.75, 3.05) is 7.11 Å². The van der Waals surface area contributed by atoms with Gasteiger partial charge in [-0.1, -0.05) is 13.0 Å². The molecule has 0 amide bonds. The number of hydrogen-bond donors (Lipinski definition) is 3. The maximum absolute atomic E-state index is 11.4. The molecule has 1 aromatic carbocycles. The highest BCUT2D eigenvalue weighted by atomic mass is 32.2. The number of rotatable bonds is 6. The summed E-state index contributed by atoms with van der Waals surface area (Å²) in [5.41, 5.74) is 0.589. The zero-order chi connectivity index (χ0) is 16.1. The van der Waals surface area contributed by atoms with Gasteiger partial charge in [0.05, 0.1) is 7.11 Å². The summed E-state index contributed by atoms with van der Waals surface area (Å²) >= 11 is 0.950. The van der Waals surface area contributed by atoms with Crippen LogP contribution >= 0.6 is 11.8 Å². The Morgan fingerprint density at radius 1 is 1.50 bits per heavy atom. The number of ether oxygens (including phenoxy) is 1. The second-order valence-electron chi connectivity index (χ2n) is 4.27. The quantitative estimate of drug-likeness (QED) is 0.553. The van der Waals surface area contributed by atoms with Gasteiger partial charge in [0.15, 0.2) is 11.5 Å². The number of nitrogens with zero attached hydrogens (tertiary/aromatic N) is 2. The zero-order valence-corrected chi connectivity index (χ0v) is 12.8. The predicted molar refractivity (Wildman–Crippen MR) is 81.9 cm³/mol. The Balaban J connectivity index is 2.28. The summed E-state index contributed by atoms with van der Waals surface area (Å²) in [5.74, 6) is -0.126. The molecule has 2 rings (SSSR count). The highest BCUT2D eigenvalue weighted by Gasteiger charge is 2.14. The minimum absolute atomic E-state index is 0.00858. The van der Waals surface area contributed by atoms with E-state index in [1.54, 1.807) is 12.1 Å². The number of carbonyl (C=O) groups is 1. The van der Waals surface area contributed by atoms with Crippen LogP contribution in [0.3, 0.4) is 0 Å². The van der Waals surface area contributed by atoms with Crippen molar-refractivity contribution in [1.29, 1.82) is 0 Å². The number of thioether (sulfide) groups is 1. The molecule has 1 aromatic heterocycles. The van der Waals surface area contributed by atoms with Crippen molar-refractivity contribution >= 4 is 23.8 Å². The number of phenolic OH excluding ortho intramolecular Hbond substituents is 1. The number of H-pyrrole nitrogens is 1. The van der Waals surface area contributed by atoms with Gasteiger partial charge in [-0.15, -0.1) is 5.10 Å². The number of aromatic hydroxyl groups is 1. The SMILES string of the molecule is CCc1nc(S/C(=C\c2ccc(O)c(OC)c2)C(=O)O)n[nH]1. The number of aromatic nitrogens is 3. The molecule has 0 radical (unpaired) electrons. The third-order valence-corrected chi connectivity index (χ3v) is 3.64. The average molecular weight is 321 g/mol. The Morgan fingerprint density at radius 3 is 2.86 bits per heavy atom. The van der Waals surface area contributed by atoms with Crippen LogP contribution in [-0.2, 0) is 11.2 Å². The van der Waals surface area contributed by atoms with E-state index in [2.05, 4.69) is 15.2 Å². The first-order valence-electron chi connectivity index (χ1n) is 6.44. The lowest BCUT2D eigenvalue weighted by Crippen LogP contribution is -1.97. The highest BCUT2D eigenvalue weighted by Crippen LogP contribution is 2.30. The van der Waals surface area contributed by atoms with Crippen LogP contribution in [0.25, 0.3) is 6.08 Å². The van der Waals surface area contributed by atoms with E-state index in [0.29, 0.717) is 23.0 Å². The Labute approximate surface area is 131 Å². The molecule has 0 bridgehead atoms. The lowest BCUT2D eigenvalue weighted by molar-refractivity contribution is -0.131. The maximum Gasteiger partial charge on any atom is 0.342 e. The van der Waals surface area contributed by atoms with Crippen molar-refractivity contribution in [2.45, 2.75) is 18.5 Å². The summed E-state index contributed by atoms with van der Waals surface area (Å²) in [6, 6.07) is 4.59. The van der Waals surface area contributed by atoms with Gasteiger partial charge in [0, 0.05) is 6.42 Å². The minimum Gasteiger partial charge on any atom is -0.504 e. The highest BCUT2D eigenvalue weighted by molar-refractivity contribution is 8.04. The molecule has 0 spiro atoms. The smallest absolute Gasteiger partial charge is 0.342 e. The summed E-state index contributed by atoms with van der Waals surface area (Å²) < 4.78 is 5.00. The van der Waals surface area contributed by atoms with E-state index in [1.165, 1.54) is 19.3 Å². The fourth-order valence-corrected chi connectivity index (χ4v) is 2.38. The first-order valence-corrected chi connectivity index (χ1v) is 7.26. The van der Waals surface area contributed by atoms with Crippen LogP contribution in [0.15, 0.2) is 28.3 Å². The van der Waals surface area contributed by atoms with Gasteiger partial charge in [-0.2, -0.15) is 0 Å². The Morgan fingerprint density at radius 2 is 2.27 bits per heavy atom. The fraction of sp³-hybridized carbons (Fsp3) is 0.214. The molecule has 1 heterocycles. The monoisotopic (exact) mass is 321 g/mol. The second kappa shape index (κ2) is 6.99. The first kappa shape index (κ1) is 15.9. The molecule has 0 aliphatic heterocycles. The first-order chi connectivity index (χ1) is 10.5. The standard InChI is InChI=1S/C14H15N3O4S/c1-3-12-15-14(17-16-12)22-11(13(19)20)7-8-4-5-9(18)10(6-8)21-2/h4-7,18H,3H2,1-2H3,(H,19,20)(H,15,16,17)/b11-7-. The zero-order valence-electron chi connectivity index (χ0n) is 12.0. The van der Waals surface area contributed by atoms with Gasteiger partial charge in [0.2, 0.25) is 5.16 Å². The van der Waals surface area contributed by atoms with Gasteiger partial charge in [-0.05, 0) is 35.5 Å². The van der Waals surface area contributed by atoms with Crippen molar-refractivity contribution in [3.63, 3.8) is 0 Å². The van der Waals surface area contributed by atoms with Crippen molar-refractivity contribution in [1.82, 2.24) is 15.2 Å². The lowest BCUT2D eigenvalue weighted by Gasteiger charge is -2.05. The molecule has 0 saturated heterocycles. The number of aliphatic carboxylic acids is 1. The fourth-order valence-electron chi connectivity index (χ4n) is 1.65. The van der Waals surface area contributed by atoms with Gasteiger partial charge in [-0.25, -0.2) is 9.78 Å². The van der Waals surface area contributed by atoms with Crippen molar-refractivity contribution in [2.24, 2.45) is 0 Å². The maximum atomic E-state index is 11.4. The van der Waals surface area contributed by atoms with Gasteiger partial charge in [0.25, 0.3) is 0 Å². The number of benzene rings is 1. The van der Waals surface area contributed by atoms with E-state index in [4.69, 9.17) is 4.74 Å². The molecule has 3 N–H and O–H groups in total. The van der Waals surface area contributed by atoms with E-state index >= 15 is 0 Å². The van der Waals surface area contributed by atoms with E-state index in [9.17, 15) is 15.0 Å². The summed E-state index contributed by atoms with van der Waals surface area (Å²) in [6.45, 7) is 1.92. The van der Waals surface area contributed by atoms with Gasteiger partial charge in [0.1, 0.15) is 10.7 Å². The number of aryl methyl sites for hydroxylation is 1. The summed E-state index contributed by atoms with van der Waals surface area (Å²) in [7, 11) is 1.43. The summed E-state index contributed by atoms with van der Waals surface area (Å²) in [4.78, 5) is 15.6. The van der Waals surface area contributed by atoms with Crippen LogP contribution in [0.2, 0.25) is 0 Å². The molecular formula is C14H15N3O4S. The van der Waals surface area contributed by atoms with E-state index < -0.39 is 5.97 Å². The molecule has 0 aliphatic rings. The molecule has 2 aromatic rings. The Kier molecular flexibility index (Phi) is 5.05. The third-order valence-electron chi connectivity index (χ3n) is 2.76. The molecule has 0 fully saturated rings. The van der Waals surface area contributed by atoms with Crippen LogP contribution < -0.4 is 4.74 Å². The van der Waals surface area contributed by atoms with E-state index in [0.717, 1.165) is 11.8 Å². The number of hydrogen-bond acceptors (Lipinski definition) is 6. The van der Waals surface area contributed by atoms with Crippen molar-refractivity contribution in [3.8, 4) is 11.5 Å². The molecule has 7 nitrogen and oxygen atoms in total. The van der Waals surface area contributed by atoms with Crippen LogP contribution in [0.5, 0.6) is 11.5 Å². The summed E-state index contributed by atoms with van der Waals surface area (Å²) in [5, 5.41) is 25.9. The van der Waals surface area contributed by atoms with Gasteiger partial charge < -0.3 is 14.9 Å². The number of carboxylic acid groups (broad SMARTS) is 1. The lowest BCUT2D eigenvalue weighted by atomic mass is 10.2. The number of nitrogens with one attached hydrogen (secondary N) is 1. The molecule has 0 unspecified atom stereocenters. The molecule has 0 aliphatic carbocycles. The van der Waals surface area contributed by atoms with E-state index in [-0.39, 0.29) is 16.4 Å². The topological polar surface area (TPSA) is 108 Å². The number of phenols is 1. The van der Waals surface area contributed by atoms with E-state index in [1.807, 2.05) is 6.92 Å². The van der Waals surface area contributed by atoms with Crippen LogP contribution in [0.1, 0.15) is 18.3 Å². The van der Waals surface area contributed by atoms with Crippen LogP contribution in [-0.4, -0.2) is 38.5 Å². The number of carboxylic acids is 1. The molecule has 0 atom stereocenters. The van der Waals surface area contributed by atoms with Gasteiger partial charge >= 0.3 is 5.97 Å². The Bertz CT molecular complexity index is 712. The van der Waals surface area contributed by atoms with Crippen LogP contribution in [0.4, 0.5) is 0 Å². The van der Waals surface area contributed by atoms with Gasteiger partial charge in [-0.3, -0.25) is 5.10 Å². The largest absolute Gasteiger partial charge is 0.504 e. The molecular weight excluding hydrogens is 306 g/mol. The summed E-state index contributed by atoms with van der Waals surface area (Å²) in [6.07, 6.45) is 2.16.